The van der Waals surface area contributed by atoms with Gasteiger partial charge in [-0.1, -0.05) is 12.1 Å². The zero-order chi connectivity index (χ0) is 19.4. The standard InChI is InChI=1S/C21H26N4O2/c1-15(22-13-14-24(2)3)20-23-19-8-6-5-7-18(19)21(26)25(20)16-9-11-17(27-4)12-10-16/h5-12,15,22H,13-14H2,1-4H3. The molecular formula is C21H26N4O2. The molecule has 0 aliphatic carbocycles. The lowest BCUT2D eigenvalue weighted by atomic mass is 10.2. The van der Waals surface area contributed by atoms with Gasteiger partial charge >= 0.3 is 0 Å². The Labute approximate surface area is 159 Å². The molecule has 142 valence electrons. The molecule has 27 heavy (non-hydrogen) atoms. The lowest BCUT2D eigenvalue weighted by molar-refractivity contribution is 0.385. The first kappa shape index (κ1) is 19.1. The third-order valence-corrected chi connectivity index (χ3v) is 4.53. The van der Waals surface area contributed by atoms with Crippen molar-refractivity contribution in [3.05, 3.63) is 64.7 Å². The number of rotatable bonds is 7. The Balaban J connectivity index is 2.10. The quantitative estimate of drug-likeness (QED) is 0.697. The fraction of sp³-hybridized carbons (Fsp3) is 0.333. The Morgan fingerprint density at radius 3 is 2.52 bits per heavy atom. The van der Waals surface area contributed by atoms with E-state index in [1.165, 1.54) is 0 Å². The predicted octanol–water partition coefficient (Wildman–Crippen LogP) is 2.61. The number of fused-ring (bicyclic) bond motifs is 1. The van der Waals surface area contributed by atoms with Crippen LogP contribution in [-0.4, -0.2) is 48.7 Å². The number of likely N-dealkylation sites (N-methyl/N-ethyl adjacent to an activating group) is 1. The van der Waals surface area contributed by atoms with Gasteiger partial charge < -0.3 is 15.0 Å². The predicted molar refractivity (Wildman–Crippen MR) is 109 cm³/mol. The lowest BCUT2D eigenvalue weighted by Gasteiger charge is -2.20. The lowest BCUT2D eigenvalue weighted by Crippen LogP contribution is -2.33. The van der Waals surface area contributed by atoms with Gasteiger partial charge in [0, 0.05) is 13.1 Å². The number of methoxy groups -OCH3 is 1. The highest BCUT2D eigenvalue weighted by molar-refractivity contribution is 5.77. The van der Waals surface area contributed by atoms with Crippen LogP contribution in [0, 0.1) is 0 Å². The fourth-order valence-corrected chi connectivity index (χ4v) is 3.02. The van der Waals surface area contributed by atoms with Gasteiger partial charge in [0.25, 0.3) is 5.56 Å². The first-order valence-electron chi connectivity index (χ1n) is 9.05. The van der Waals surface area contributed by atoms with Crippen LogP contribution in [0.4, 0.5) is 0 Å². The summed E-state index contributed by atoms with van der Waals surface area (Å²) < 4.78 is 6.93. The molecule has 0 spiro atoms. The minimum atomic E-state index is -0.0793. The molecule has 0 saturated heterocycles. The van der Waals surface area contributed by atoms with E-state index in [4.69, 9.17) is 9.72 Å². The van der Waals surface area contributed by atoms with Gasteiger partial charge in [-0.05, 0) is 57.4 Å². The molecule has 0 amide bonds. The molecule has 6 heteroatoms. The van der Waals surface area contributed by atoms with Crippen LogP contribution in [0.25, 0.3) is 16.6 Å². The molecule has 0 radical (unpaired) electrons. The smallest absolute Gasteiger partial charge is 0.266 e. The maximum atomic E-state index is 13.2. The molecule has 6 nitrogen and oxygen atoms in total. The van der Waals surface area contributed by atoms with Crippen molar-refractivity contribution in [3.8, 4) is 11.4 Å². The summed E-state index contributed by atoms with van der Waals surface area (Å²) in [4.78, 5) is 20.2. The highest BCUT2D eigenvalue weighted by Gasteiger charge is 2.17. The van der Waals surface area contributed by atoms with Crippen LogP contribution in [-0.2, 0) is 0 Å². The van der Waals surface area contributed by atoms with Crippen molar-refractivity contribution in [1.82, 2.24) is 19.8 Å². The van der Waals surface area contributed by atoms with Crippen molar-refractivity contribution in [2.24, 2.45) is 0 Å². The number of ether oxygens (including phenoxy) is 1. The van der Waals surface area contributed by atoms with Crippen LogP contribution >= 0.6 is 0 Å². The molecule has 3 aromatic rings. The molecule has 0 aliphatic heterocycles. The van der Waals surface area contributed by atoms with E-state index in [2.05, 4.69) is 10.2 Å². The van der Waals surface area contributed by atoms with Gasteiger partial charge in [-0.25, -0.2) is 4.98 Å². The van der Waals surface area contributed by atoms with E-state index in [0.717, 1.165) is 24.5 Å². The molecule has 1 unspecified atom stereocenters. The van der Waals surface area contributed by atoms with E-state index in [9.17, 15) is 4.79 Å². The molecule has 0 bridgehead atoms. The van der Waals surface area contributed by atoms with Crippen molar-refractivity contribution in [2.75, 3.05) is 34.3 Å². The largest absolute Gasteiger partial charge is 0.497 e. The number of hydrogen-bond donors (Lipinski definition) is 1. The SMILES string of the molecule is COc1ccc(-n2c(C(C)NCCN(C)C)nc3ccccc3c2=O)cc1. The van der Waals surface area contributed by atoms with Gasteiger partial charge in [0.15, 0.2) is 0 Å². The number of nitrogens with zero attached hydrogens (tertiary/aromatic N) is 3. The Kier molecular flexibility index (Phi) is 5.88. The molecule has 0 aliphatic rings. The van der Waals surface area contributed by atoms with Gasteiger partial charge in [-0.2, -0.15) is 0 Å². The minimum Gasteiger partial charge on any atom is -0.497 e. The second-order valence-corrected chi connectivity index (χ2v) is 6.80. The van der Waals surface area contributed by atoms with E-state index >= 15 is 0 Å². The zero-order valence-electron chi connectivity index (χ0n) is 16.3. The number of benzene rings is 2. The van der Waals surface area contributed by atoms with E-state index in [1.807, 2.05) is 69.6 Å². The molecule has 0 fully saturated rings. The van der Waals surface area contributed by atoms with Gasteiger partial charge in [0.1, 0.15) is 11.6 Å². The molecule has 1 heterocycles. The van der Waals surface area contributed by atoms with Gasteiger partial charge in [0.2, 0.25) is 0 Å². The number of nitrogens with one attached hydrogen (secondary N) is 1. The Morgan fingerprint density at radius 1 is 1.15 bits per heavy atom. The molecular weight excluding hydrogens is 340 g/mol. The van der Waals surface area contributed by atoms with Crippen molar-refractivity contribution < 1.29 is 4.74 Å². The maximum Gasteiger partial charge on any atom is 0.266 e. The summed E-state index contributed by atoms with van der Waals surface area (Å²) in [5.41, 5.74) is 1.42. The summed E-state index contributed by atoms with van der Waals surface area (Å²) in [6.45, 7) is 3.75. The summed E-state index contributed by atoms with van der Waals surface area (Å²) in [5, 5.41) is 4.08. The van der Waals surface area contributed by atoms with Crippen molar-refractivity contribution in [1.29, 1.82) is 0 Å². The zero-order valence-corrected chi connectivity index (χ0v) is 16.3. The maximum absolute atomic E-state index is 13.2. The van der Waals surface area contributed by atoms with Crippen molar-refractivity contribution >= 4 is 10.9 Å². The molecule has 1 aromatic heterocycles. The molecule has 1 N–H and O–H groups in total. The van der Waals surface area contributed by atoms with Gasteiger partial charge in [0.05, 0.1) is 29.7 Å². The number of hydrogen-bond acceptors (Lipinski definition) is 5. The van der Waals surface area contributed by atoms with Gasteiger partial charge in [-0.15, -0.1) is 0 Å². The molecule has 2 aromatic carbocycles. The van der Waals surface area contributed by atoms with E-state index in [-0.39, 0.29) is 11.6 Å². The highest BCUT2D eigenvalue weighted by atomic mass is 16.5. The molecule has 1 atom stereocenters. The second-order valence-electron chi connectivity index (χ2n) is 6.80. The average Bonchev–Trinajstić information content (AvgIpc) is 2.67. The Bertz CT molecular complexity index is 964. The van der Waals surface area contributed by atoms with Gasteiger partial charge in [-0.3, -0.25) is 9.36 Å². The third-order valence-electron chi connectivity index (χ3n) is 4.53. The summed E-state index contributed by atoms with van der Waals surface area (Å²) in [5.74, 6) is 1.45. The fourth-order valence-electron chi connectivity index (χ4n) is 3.02. The third kappa shape index (κ3) is 4.18. The van der Waals surface area contributed by atoms with Crippen LogP contribution < -0.4 is 15.6 Å². The van der Waals surface area contributed by atoms with E-state index in [0.29, 0.717) is 16.7 Å². The normalized spacial score (nSPS) is 12.5. The monoisotopic (exact) mass is 366 g/mol. The van der Waals surface area contributed by atoms with Crippen LogP contribution in [0.15, 0.2) is 53.3 Å². The first-order chi connectivity index (χ1) is 13.0. The van der Waals surface area contributed by atoms with Crippen LogP contribution in [0.1, 0.15) is 18.8 Å². The highest BCUT2D eigenvalue weighted by Crippen LogP contribution is 2.20. The Hall–Kier alpha value is -2.70. The van der Waals surface area contributed by atoms with E-state index < -0.39 is 0 Å². The van der Waals surface area contributed by atoms with Crippen LogP contribution in [0.3, 0.4) is 0 Å². The second kappa shape index (κ2) is 8.33. The first-order valence-corrected chi connectivity index (χ1v) is 9.05. The number of aromatic nitrogens is 2. The summed E-state index contributed by atoms with van der Waals surface area (Å²) in [6, 6.07) is 14.9. The average molecular weight is 366 g/mol. The molecule has 0 saturated carbocycles. The topological polar surface area (TPSA) is 59.4 Å². The summed E-state index contributed by atoms with van der Waals surface area (Å²) >= 11 is 0. The van der Waals surface area contributed by atoms with E-state index in [1.54, 1.807) is 11.7 Å². The number of para-hydroxylation sites is 1. The van der Waals surface area contributed by atoms with Crippen LogP contribution in [0.2, 0.25) is 0 Å². The summed E-state index contributed by atoms with van der Waals surface area (Å²) in [7, 11) is 5.70. The van der Waals surface area contributed by atoms with Crippen molar-refractivity contribution in [2.45, 2.75) is 13.0 Å². The Morgan fingerprint density at radius 2 is 1.85 bits per heavy atom. The van der Waals surface area contributed by atoms with Crippen LogP contribution in [0.5, 0.6) is 5.75 Å². The summed E-state index contributed by atoms with van der Waals surface area (Å²) in [6.07, 6.45) is 0. The molecule has 3 rings (SSSR count). The minimum absolute atomic E-state index is 0.0676. The van der Waals surface area contributed by atoms with Crippen molar-refractivity contribution in [3.63, 3.8) is 0 Å².